The summed E-state index contributed by atoms with van der Waals surface area (Å²) in [6.45, 7) is 0.607. The molecule has 0 unspecified atom stereocenters. The molecule has 1 fully saturated rings. The maximum Gasteiger partial charge on any atom is 0.0946 e. The van der Waals surface area contributed by atoms with E-state index in [9.17, 15) is 13.0 Å². The van der Waals surface area contributed by atoms with Crippen LogP contribution in [0, 0.1) is 0 Å². The Kier molecular flexibility index (Phi) is 1.74. The van der Waals surface area contributed by atoms with Gasteiger partial charge in [0, 0.05) is 5.75 Å². The first-order chi connectivity index (χ1) is 4.08. The molecule has 54 valence electrons. The van der Waals surface area contributed by atoms with Crippen molar-refractivity contribution in [3.63, 3.8) is 0 Å². The van der Waals surface area contributed by atoms with E-state index in [1.165, 1.54) is 0 Å². The zero-order valence-electron chi connectivity index (χ0n) is 4.74. The van der Waals surface area contributed by atoms with Crippen molar-refractivity contribution in [1.29, 1.82) is 0 Å². The molecular weight excluding hydrogens is 144 g/mol. The van der Waals surface area contributed by atoms with E-state index < -0.39 is 10.1 Å². The lowest BCUT2D eigenvalue weighted by Crippen LogP contribution is -2.06. The molecule has 1 heterocycles. The van der Waals surface area contributed by atoms with E-state index in [1.54, 1.807) is 0 Å². The first kappa shape index (κ1) is 6.98. The van der Waals surface area contributed by atoms with Gasteiger partial charge in [-0.1, -0.05) is 0 Å². The molecular formula is C4H7O4S-. The standard InChI is InChI=1S/C4H8O4S/c5-9(6,7)2-1-4-3-8-4/h4H,1-3H2,(H,5,6,7)/p-1/t4-/m0/s1. The van der Waals surface area contributed by atoms with Crippen LogP contribution in [0.15, 0.2) is 0 Å². The lowest BCUT2D eigenvalue weighted by atomic mass is 10.4. The van der Waals surface area contributed by atoms with Gasteiger partial charge in [-0.25, -0.2) is 8.42 Å². The smallest absolute Gasteiger partial charge is 0.0946 e. The molecule has 1 rings (SSSR count). The maximum atomic E-state index is 9.95. The van der Waals surface area contributed by atoms with Crippen molar-refractivity contribution < 1.29 is 17.7 Å². The van der Waals surface area contributed by atoms with Gasteiger partial charge in [-0.15, -0.1) is 0 Å². The number of hydrogen-bond acceptors (Lipinski definition) is 4. The summed E-state index contributed by atoms with van der Waals surface area (Å²) in [6.07, 6.45) is 0.389. The molecule has 0 aromatic rings. The van der Waals surface area contributed by atoms with E-state index in [-0.39, 0.29) is 11.9 Å². The van der Waals surface area contributed by atoms with Gasteiger partial charge in [-0.3, -0.25) is 0 Å². The van der Waals surface area contributed by atoms with Crippen LogP contribution in [0.1, 0.15) is 6.42 Å². The highest BCUT2D eigenvalue weighted by Crippen LogP contribution is 2.13. The van der Waals surface area contributed by atoms with E-state index in [0.29, 0.717) is 13.0 Å². The van der Waals surface area contributed by atoms with Gasteiger partial charge in [0.1, 0.15) is 0 Å². The highest BCUT2D eigenvalue weighted by Gasteiger charge is 2.22. The number of epoxide rings is 1. The summed E-state index contributed by atoms with van der Waals surface area (Å²) in [7, 11) is -4.01. The van der Waals surface area contributed by atoms with Gasteiger partial charge in [-0.2, -0.15) is 0 Å². The Morgan fingerprint density at radius 1 is 1.67 bits per heavy atom. The fourth-order valence-electron chi connectivity index (χ4n) is 0.510. The zero-order chi connectivity index (χ0) is 6.91. The van der Waals surface area contributed by atoms with E-state index in [2.05, 4.69) is 0 Å². The van der Waals surface area contributed by atoms with Crippen LogP contribution >= 0.6 is 0 Å². The lowest BCUT2D eigenvalue weighted by Gasteiger charge is -2.02. The largest absolute Gasteiger partial charge is 0.748 e. The minimum Gasteiger partial charge on any atom is -0.748 e. The maximum absolute atomic E-state index is 9.95. The summed E-state index contributed by atoms with van der Waals surface area (Å²) < 4.78 is 34.6. The van der Waals surface area contributed by atoms with Crippen LogP contribution in [0.3, 0.4) is 0 Å². The van der Waals surface area contributed by atoms with Crippen molar-refractivity contribution in [2.75, 3.05) is 12.4 Å². The first-order valence-corrected chi connectivity index (χ1v) is 4.21. The van der Waals surface area contributed by atoms with E-state index in [0.717, 1.165) is 0 Å². The third-order valence-electron chi connectivity index (χ3n) is 1.09. The van der Waals surface area contributed by atoms with Crippen LogP contribution < -0.4 is 0 Å². The summed E-state index contributed by atoms with van der Waals surface area (Å²) >= 11 is 0. The summed E-state index contributed by atoms with van der Waals surface area (Å²) in [6, 6.07) is 0. The summed E-state index contributed by atoms with van der Waals surface area (Å²) in [5, 5.41) is 0. The van der Waals surface area contributed by atoms with Gasteiger partial charge in [0.05, 0.1) is 22.8 Å². The second-order valence-corrected chi connectivity index (χ2v) is 3.53. The third kappa shape index (κ3) is 3.45. The molecule has 4 nitrogen and oxygen atoms in total. The summed E-state index contributed by atoms with van der Waals surface area (Å²) in [4.78, 5) is 0. The Bertz CT molecular complexity index is 179. The van der Waals surface area contributed by atoms with Gasteiger partial charge >= 0.3 is 0 Å². The molecule has 1 aliphatic heterocycles. The Morgan fingerprint density at radius 3 is 2.56 bits per heavy atom. The third-order valence-corrected chi connectivity index (χ3v) is 1.83. The molecule has 0 aliphatic carbocycles. The van der Waals surface area contributed by atoms with E-state index in [4.69, 9.17) is 4.74 Å². The first-order valence-electron chi connectivity index (χ1n) is 2.63. The molecule has 0 bridgehead atoms. The molecule has 0 amide bonds. The summed E-state index contributed by atoms with van der Waals surface area (Å²) in [5.41, 5.74) is 0. The number of hydrogen-bond donors (Lipinski definition) is 0. The zero-order valence-corrected chi connectivity index (χ0v) is 5.56. The Labute approximate surface area is 53.6 Å². The molecule has 1 aliphatic rings. The monoisotopic (exact) mass is 151 g/mol. The van der Waals surface area contributed by atoms with Crippen LogP contribution in [-0.2, 0) is 14.9 Å². The predicted octanol–water partition coefficient (Wildman–Crippen LogP) is -0.679. The molecule has 0 radical (unpaired) electrons. The molecule has 0 N–H and O–H groups in total. The molecule has 0 spiro atoms. The van der Waals surface area contributed by atoms with Gasteiger partial charge in [0.25, 0.3) is 0 Å². The molecule has 1 saturated heterocycles. The number of rotatable bonds is 3. The molecule has 0 saturated carbocycles. The fraction of sp³-hybridized carbons (Fsp3) is 1.00. The predicted molar refractivity (Wildman–Crippen MR) is 28.9 cm³/mol. The van der Waals surface area contributed by atoms with Gasteiger partial charge in [-0.05, 0) is 6.42 Å². The topological polar surface area (TPSA) is 69.7 Å². The fourth-order valence-corrected chi connectivity index (χ4v) is 1.06. The molecule has 0 aromatic carbocycles. The van der Waals surface area contributed by atoms with Crippen molar-refractivity contribution >= 4 is 10.1 Å². The van der Waals surface area contributed by atoms with Crippen LogP contribution in [0.5, 0.6) is 0 Å². The van der Waals surface area contributed by atoms with Crippen LogP contribution in [0.25, 0.3) is 0 Å². The minimum atomic E-state index is -4.01. The van der Waals surface area contributed by atoms with Crippen molar-refractivity contribution in [2.45, 2.75) is 12.5 Å². The summed E-state index contributed by atoms with van der Waals surface area (Å²) in [5.74, 6) is -0.294. The van der Waals surface area contributed by atoms with Gasteiger partial charge in [0.15, 0.2) is 0 Å². The van der Waals surface area contributed by atoms with Crippen molar-refractivity contribution in [2.24, 2.45) is 0 Å². The van der Waals surface area contributed by atoms with Crippen molar-refractivity contribution in [1.82, 2.24) is 0 Å². The second-order valence-electron chi connectivity index (χ2n) is 2.01. The Hall–Kier alpha value is -0.130. The quantitative estimate of drug-likeness (QED) is 0.396. The Balaban J connectivity index is 2.18. The molecule has 1 atom stereocenters. The van der Waals surface area contributed by atoms with Crippen LogP contribution in [0.4, 0.5) is 0 Å². The second kappa shape index (κ2) is 2.24. The molecule has 5 heteroatoms. The minimum absolute atomic E-state index is 0.0359. The SMILES string of the molecule is O=S(=O)([O-])CC[C@H]1CO1. The average Bonchev–Trinajstić information content (AvgIpc) is 2.38. The Morgan fingerprint density at radius 2 is 2.22 bits per heavy atom. The molecule has 0 aromatic heterocycles. The van der Waals surface area contributed by atoms with Crippen molar-refractivity contribution in [3.05, 3.63) is 0 Å². The molecule has 9 heavy (non-hydrogen) atoms. The average molecular weight is 151 g/mol. The van der Waals surface area contributed by atoms with Gasteiger partial charge < -0.3 is 9.29 Å². The normalized spacial score (nSPS) is 26.1. The highest BCUT2D eigenvalue weighted by molar-refractivity contribution is 7.85. The van der Waals surface area contributed by atoms with Crippen LogP contribution in [-0.4, -0.2) is 31.4 Å². The van der Waals surface area contributed by atoms with Crippen molar-refractivity contribution in [3.8, 4) is 0 Å². The number of ether oxygens (including phenoxy) is 1. The lowest BCUT2D eigenvalue weighted by molar-refractivity contribution is 0.398. The van der Waals surface area contributed by atoms with E-state index >= 15 is 0 Å². The highest BCUT2D eigenvalue weighted by atomic mass is 32.2. The van der Waals surface area contributed by atoms with Crippen LogP contribution in [0.2, 0.25) is 0 Å². The van der Waals surface area contributed by atoms with Gasteiger partial charge in [0.2, 0.25) is 0 Å². The van der Waals surface area contributed by atoms with E-state index in [1.807, 2.05) is 0 Å².